The summed E-state index contributed by atoms with van der Waals surface area (Å²) >= 11 is 1.66. The van der Waals surface area contributed by atoms with Crippen LogP contribution >= 0.6 is 35.3 Å². The molecule has 2 heterocycles. The van der Waals surface area contributed by atoms with Crippen LogP contribution in [0.1, 0.15) is 43.3 Å². The summed E-state index contributed by atoms with van der Waals surface area (Å²) in [5.41, 5.74) is 1.12. The molecule has 1 aliphatic heterocycles. The van der Waals surface area contributed by atoms with Gasteiger partial charge in [0.25, 0.3) is 0 Å². The normalized spacial score (nSPS) is 16.2. The van der Waals surface area contributed by atoms with Crippen LogP contribution in [-0.4, -0.2) is 50.3 Å². The highest BCUT2D eigenvalue weighted by atomic mass is 127. The van der Waals surface area contributed by atoms with Crippen molar-refractivity contribution < 1.29 is 8.42 Å². The molecular weight excluding hydrogens is 545 g/mol. The molecule has 0 radical (unpaired) electrons. The number of nitrogens with zero attached hydrogens (tertiary/aromatic N) is 3. The first-order valence-electron chi connectivity index (χ1n) is 10.3. The zero-order valence-corrected chi connectivity index (χ0v) is 22.2. The van der Waals surface area contributed by atoms with Crippen molar-refractivity contribution in [2.75, 3.05) is 26.7 Å². The van der Waals surface area contributed by atoms with Gasteiger partial charge in [0.15, 0.2) is 5.96 Å². The lowest BCUT2D eigenvalue weighted by molar-refractivity contribution is 0.273. The molecule has 0 bridgehead atoms. The highest BCUT2D eigenvalue weighted by Crippen LogP contribution is 2.23. The van der Waals surface area contributed by atoms with Gasteiger partial charge in [-0.3, -0.25) is 4.99 Å². The number of rotatable bonds is 7. The van der Waals surface area contributed by atoms with Crippen molar-refractivity contribution in [3.8, 4) is 0 Å². The first-order valence-corrected chi connectivity index (χ1v) is 12.7. The summed E-state index contributed by atoms with van der Waals surface area (Å²) in [5.74, 6) is 1.60. The van der Waals surface area contributed by atoms with Crippen LogP contribution in [0, 0.1) is 5.92 Å². The second-order valence-electron chi connectivity index (χ2n) is 7.79. The number of thiazole rings is 1. The molecule has 1 aromatic carbocycles. The van der Waals surface area contributed by atoms with Gasteiger partial charge >= 0.3 is 0 Å². The lowest BCUT2D eigenvalue weighted by Gasteiger charge is -2.31. The van der Waals surface area contributed by atoms with Crippen molar-refractivity contribution in [3.05, 3.63) is 46.4 Å². The number of sulfonamides is 1. The lowest BCUT2D eigenvalue weighted by atomic mass is 9.98. The molecule has 10 heteroatoms. The Kier molecular flexibility index (Phi) is 10.2. The van der Waals surface area contributed by atoms with Crippen LogP contribution in [-0.2, 0) is 16.6 Å². The Labute approximate surface area is 206 Å². The molecule has 0 spiro atoms. The number of halogens is 1. The maximum Gasteiger partial charge on any atom is 0.243 e. The minimum absolute atomic E-state index is 0. The van der Waals surface area contributed by atoms with E-state index in [2.05, 4.69) is 39.8 Å². The third-order valence-electron chi connectivity index (χ3n) is 5.30. The van der Waals surface area contributed by atoms with Crippen LogP contribution in [0.4, 0.5) is 0 Å². The van der Waals surface area contributed by atoms with Crippen LogP contribution < -0.4 is 10.6 Å². The fraction of sp³-hybridized carbons (Fsp3) is 0.524. The van der Waals surface area contributed by atoms with Crippen LogP contribution in [0.25, 0.3) is 0 Å². The number of piperidine rings is 1. The molecule has 172 valence electrons. The van der Waals surface area contributed by atoms with Crippen molar-refractivity contribution >= 4 is 51.3 Å². The van der Waals surface area contributed by atoms with E-state index in [1.54, 1.807) is 47.0 Å². The Bertz CT molecular complexity index is 940. The maximum atomic E-state index is 12.7. The molecule has 0 amide bonds. The minimum atomic E-state index is -3.39. The molecule has 0 atom stereocenters. The third kappa shape index (κ3) is 7.13. The Morgan fingerprint density at radius 2 is 1.90 bits per heavy atom. The Morgan fingerprint density at radius 3 is 2.48 bits per heavy atom. The van der Waals surface area contributed by atoms with Crippen LogP contribution in [0.3, 0.4) is 0 Å². The van der Waals surface area contributed by atoms with Gasteiger partial charge in [0.05, 0.1) is 17.1 Å². The SMILES string of the molecule is CN=C(NCc1nc(C(C)C)cs1)NCC1CCN(S(=O)(=O)c2ccccc2)CC1.I. The quantitative estimate of drug-likeness (QED) is 0.298. The van der Waals surface area contributed by atoms with Gasteiger partial charge in [0, 0.05) is 32.1 Å². The lowest BCUT2D eigenvalue weighted by Crippen LogP contribution is -2.44. The monoisotopic (exact) mass is 577 g/mol. The number of hydrogen-bond donors (Lipinski definition) is 2. The number of aliphatic imine (C=N–C) groups is 1. The highest BCUT2D eigenvalue weighted by molar-refractivity contribution is 14.0. The van der Waals surface area contributed by atoms with Gasteiger partial charge in [-0.15, -0.1) is 35.3 Å². The van der Waals surface area contributed by atoms with Gasteiger partial charge in [-0.1, -0.05) is 32.0 Å². The first kappa shape index (κ1) is 26.0. The van der Waals surface area contributed by atoms with Crippen molar-refractivity contribution in [3.63, 3.8) is 0 Å². The fourth-order valence-corrected chi connectivity index (χ4v) is 5.77. The molecule has 31 heavy (non-hydrogen) atoms. The predicted octanol–water partition coefficient (Wildman–Crippen LogP) is 3.65. The molecule has 0 saturated carbocycles. The smallest absolute Gasteiger partial charge is 0.243 e. The molecule has 2 aromatic rings. The number of hydrogen-bond acceptors (Lipinski definition) is 5. The second kappa shape index (κ2) is 12.1. The van der Waals surface area contributed by atoms with E-state index in [1.165, 1.54) is 0 Å². The van der Waals surface area contributed by atoms with Crippen molar-refractivity contribution in [1.29, 1.82) is 0 Å². The summed E-state index contributed by atoms with van der Waals surface area (Å²) in [4.78, 5) is 9.29. The zero-order valence-electron chi connectivity index (χ0n) is 18.2. The van der Waals surface area contributed by atoms with E-state index in [0.29, 0.717) is 36.4 Å². The van der Waals surface area contributed by atoms with Crippen LogP contribution in [0.5, 0.6) is 0 Å². The highest BCUT2D eigenvalue weighted by Gasteiger charge is 2.29. The number of nitrogens with one attached hydrogen (secondary N) is 2. The van der Waals surface area contributed by atoms with Gasteiger partial charge in [-0.25, -0.2) is 13.4 Å². The molecule has 0 aliphatic carbocycles. The summed E-state index contributed by atoms with van der Waals surface area (Å²) in [6.07, 6.45) is 1.67. The molecule has 1 saturated heterocycles. The summed E-state index contributed by atoms with van der Waals surface area (Å²) in [6, 6.07) is 8.67. The van der Waals surface area contributed by atoms with Crippen molar-refractivity contribution in [2.45, 2.75) is 44.0 Å². The summed E-state index contributed by atoms with van der Waals surface area (Å²) < 4.78 is 27.1. The van der Waals surface area contributed by atoms with Crippen LogP contribution in [0.15, 0.2) is 45.6 Å². The van der Waals surface area contributed by atoms with E-state index in [1.807, 2.05) is 6.07 Å². The predicted molar refractivity (Wildman–Crippen MR) is 138 cm³/mol. The number of benzene rings is 1. The molecule has 1 aromatic heterocycles. The molecule has 7 nitrogen and oxygen atoms in total. The maximum absolute atomic E-state index is 12.7. The minimum Gasteiger partial charge on any atom is -0.356 e. The van der Waals surface area contributed by atoms with Gasteiger partial charge in [-0.2, -0.15) is 4.31 Å². The molecule has 1 fully saturated rings. The Hall–Kier alpha value is -1.24. The van der Waals surface area contributed by atoms with Crippen molar-refractivity contribution in [2.24, 2.45) is 10.9 Å². The molecule has 2 N–H and O–H groups in total. The van der Waals surface area contributed by atoms with Gasteiger partial charge in [0.1, 0.15) is 5.01 Å². The number of aromatic nitrogens is 1. The van der Waals surface area contributed by atoms with E-state index in [-0.39, 0.29) is 24.0 Å². The topological polar surface area (TPSA) is 86.7 Å². The zero-order chi connectivity index (χ0) is 21.6. The van der Waals surface area contributed by atoms with Crippen LogP contribution in [0.2, 0.25) is 0 Å². The Morgan fingerprint density at radius 1 is 1.23 bits per heavy atom. The van der Waals surface area contributed by atoms with Gasteiger partial charge < -0.3 is 10.6 Å². The third-order valence-corrected chi connectivity index (χ3v) is 8.08. The van der Waals surface area contributed by atoms with Gasteiger partial charge in [0.2, 0.25) is 10.0 Å². The van der Waals surface area contributed by atoms with E-state index in [4.69, 9.17) is 0 Å². The second-order valence-corrected chi connectivity index (χ2v) is 10.7. The van der Waals surface area contributed by atoms with E-state index < -0.39 is 10.0 Å². The molecule has 3 rings (SSSR count). The largest absolute Gasteiger partial charge is 0.356 e. The first-order chi connectivity index (χ1) is 14.4. The molecule has 1 aliphatic rings. The fourth-order valence-electron chi connectivity index (χ4n) is 3.39. The Balaban J connectivity index is 0.00000341. The van der Waals surface area contributed by atoms with E-state index in [0.717, 1.165) is 36.0 Å². The standard InChI is InChI=1S/C21H31N5O2S2.HI/c1-16(2)19-15-29-20(25-19)14-24-21(22-3)23-13-17-9-11-26(12-10-17)30(27,28)18-7-5-4-6-8-18;/h4-8,15-17H,9-14H2,1-3H3,(H2,22,23,24);1H. The summed E-state index contributed by atoms with van der Waals surface area (Å²) in [6.45, 7) is 6.80. The molecular formula is C21H32IN5O2S2. The van der Waals surface area contributed by atoms with E-state index >= 15 is 0 Å². The number of guanidine groups is 1. The van der Waals surface area contributed by atoms with Crippen molar-refractivity contribution in [1.82, 2.24) is 19.9 Å². The summed E-state index contributed by atoms with van der Waals surface area (Å²) in [5, 5.41) is 9.83. The average Bonchev–Trinajstić information content (AvgIpc) is 3.24. The summed E-state index contributed by atoms with van der Waals surface area (Å²) in [7, 11) is -1.64. The average molecular weight is 578 g/mol. The van der Waals surface area contributed by atoms with Gasteiger partial charge in [-0.05, 0) is 36.8 Å². The van der Waals surface area contributed by atoms with E-state index in [9.17, 15) is 8.42 Å². The molecule has 0 unspecified atom stereocenters.